The summed E-state index contributed by atoms with van der Waals surface area (Å²) >= 11 is 1.64. The second-order valence-electron chi connectivity index (χ2n) is 6.59. The third-order valence-electron chi connectivity index (χ3n) is 4.66. The number of fused-ring (bicyclic) bond motifs is 1. The number of benzene rings is 1. The SMILES string of the molecule is CCOc1nn(CC)cc1S(=O)(=O)N1CCOc2ccc(/C=C/c3cccs3)cc21. The normalized spacial score (nSPS) is 14.0. The molecule has 3 aromatic rings. The van der Waals surface area contributed by atoms with Crippen molar-refractivity contribution in [2.45, 2.75) is 25.3 Å². The van der Waals surface area contributed by atoms with Crippen molar-refractivity contribution in [3.63, 3.8) is 0 Å². The molecule has 0 amide bonds. The zero-order valence-electron chi connectivity index (χ0n) is 16.8. The first-order chi connectivity index (χ1) is 14.5. The van der Waals surface area contributed by atoms with Crippen LogP contribution in [0.15, 0.2) is 46.8 Å². The maximum Gasteiger partial charge on any atom is 0.271 e. The highest BCUT2D eigenvalue weighted by Gasteiger charge is 2.34. The van der Waals surface area contributed by atoms with Crippen molar-refractivity contribution in [3.8, 4) is 11.6 Å². The molecule has 158 valence electrons. The van der Waals surface area contributed by atoms with Crippen LogP contribution in [0.4, 0.5) is 5.69 Å². The molecule has 0 aliphatic carbocycles. The first-order valence-electron chi connectivity index (χ1n) is 9.74. The lowest BCUT2D eigenvalue weighted by molar-refractivity contribution is 0.311. The van der Waals surface area contributed by atoms with Crippen LogP contribution >= 0.6 is 11.3 Å². The van der Waals surface area contributed by atoms with Crippen molar-refractivity contribution in [1.29, 1.82) is 0 Å². The van der Waals surface area contributed by atoms with Gasteiger partial charge in [-0.2, -0.15) is 0 Å². The molecule has 0 radical (unpaired) electrons. The molecule has 0 unspecified atom stereocenters. The van der Waals surface area contributed by atoms with Gasteiger partial charge in [-0.25, -0.2) is 8.42 Å². The van der Waals surface area contributed by atoms with Gasteiger partial charge in [-0.1, -0.05) is 18.2 Å². The summed E-state index contributed by atoms with van der Waals surface area (Å²) in [6.07, 6.45) is 5.50. The Morgan fingerprint density at radius 2 is 2.13 bits per heavy atom. The number of rotatable bonds is 7. The van der Waals surface area contributed by atoms with Crippen LogP contribution < -0.4 is 13.8 Å². The minimum absolute atomic E-state index is 0.0681. The lowest BCUT2D eigenvalue weighted by Crippen LogP contribution is -2.38. The molecule has 0 bridgehead atoms. The Kier molecular flexibility index (Phi) is 5.83. The number of aryl methyl sites for hydroxylation is 1. The molecule has 0 N–H and O–H groups in total. The van der Waals surface area contributed by atoms with Crippen molar-refractivity contribution in [2.75, 3.05) is 24.1 Å². The molecule has 0 spiro atoms. The van der Waals surface area contributed by atoms with Gasteiger partial charge in [0.1, 0.15) is 12.4 Å². The summed E-state index contributed by atoms with van der Waals surface area (Å²) in [4.78, 5) is 1.19. The van der Waals surface area contributed by atoms with Gasteiger partial charge in [-0.05, 0) is 49.1 Å². The van der Waals surface area contributed by atoms with Gasteiger partial charge in [0.25, 0.3) is 15.9 Å². The van der Waals surface area contributed by atoms with E-state index in [1.54, 1.807) is 22.9 Å². The van der Waals surface area contributed by atoms with Crippen molar-refractivity contribution in [1.82, 2.24) is 9.78 Å². The molecule has 0 atom stereocenters. The molecular formula is C21H23N3O4S2. The number of sulfonamides is 1. The maximum atomic E-state index is 13.6. The molecule has 0 saturated carbocycles. The summed E-state index contributed by atoms with van der Waals surface area (Å²) in [7, 11) is -3.87. The third-order valence-corrected chi connectivity index (χ3v) is 7.29. The fraction of sp³-hybridized carbons (Fsp3) is 0.286. The number of thiophene rings is 1. The number of hydrogen-bond acceptors (Lipinski definition) is 6. The standard InChI is InChI=1S/C21H23N3O4S2/c1-3-23-15-20(21(22-23)27-4-2)30(25,26)24-11-12-28-19-10-8-16(14-18(19)24)7-9-17-6-5-13-29-17/h5-10,13-15H,3-4,11-12H2,1-2H3/b9-7+. The number of aromatic nitrogens is 2. The van der Waals surface area contributed by atoms with Gasteiger partial charge < -0.3 is 9.47 Å². The smallest absolute Gasteiger partial charge is 0.271 e. The molecule has 0 saturated heterocycles. The van der Waals surface area contributed by atoms with Crippen molar-refractivity contribution in [2.24, 2.45) is 0 Å². The predicted octanol–water partition coefficient (Wildman–Crippen LogP) is 4.12. The van der Waals surface area contributed by atoms with Gasteiger partial charge in [0, 0.05) is 17.6 Å². The maximum absolute atomic E-state index is 13.6. The van der Waals surface area contributed by atoms with Crippen LogP contribution in [0.1, 0.15) is 24.3 Å². The summed E-state index contributed by atoms with van der Waals surface area (Å²) in [6.45, 7) is 5.08. The molecule has 7 nitrogen and oxygen atoms in total. The molecule has 1 aliphatic rings. The minimum Gasteiger partial charge on any atom is -0.489 e. The van der Waals surface area contributed by atoms with E-state index in [9.17, 15) is 8.42 Å². The average Bonchev–Trinajstić information content (AvgIpc) is 3.42. The highest BCUT2D eigenvalue weighted by atomic mass is 32.2. The van der Waals surface area contributed by atoms with Gasteiger partial charge in [0.05, 0.1) is 18.8 Å². The molecule has 2 aromatic heterocycles. The lowest BCUT2D eigenvalue weighted by Gasteiger charge is -2.30. The first-order valence-corrected chi connectivity index (χ1v) is 12.1. The summed E-state index contributed by atoms with van der Waals surface area (Å²) in [5.74, 6) is 0.667. The molecule has 4 rings (SSSR count). The Hall–Kier alpha value is -2.78. The van der Waals surface area contributed by atoms with Crippen molar-refractivity contribution in [3.05, 3.63) is 52.3 Å². The Balaban J connectivity index is 1.73. The Morgan fingerprint density at radius 1 is 1.27 bits per heavy atom. The topological polar surface area (TPSA) is 73.7 Å². The summed E-state index contributed by atoms with van der Waals surface area (Å²) < 4.78 is 41.3. The largest absolute Gasteiger partial charge is 0.489 e. The van der Waals surface area contributed by atoms with E-state index in [1.165, 1.54) is 10.5 Å². The molecule has 1 aliphatic heterocycles. The van der Waals surface area contributed by atoms with Gasteiger partial charge in [0.2, 0.25) is 0 Å². The predicted molar refractivity (Wildman–Crippen MR) is 119 cm³/mol. The average molecular weight is 446 g/mol. The molecule has 3 heterocycles. The zero-order valence-corrected chi connectivity index (χ0v) is 18.4. The highest BCUT2D eigenvalue weighted by molar-refractivity contribution is 7.93. The molecule has 0 fully saturated rings. The van der Waals surface area contributed by atoms with Crippen molar-refractivity contribution < 1.29 is 17.9 Å². The number of anilines is 1. The van der Waals surface area contributed by atoms with E-state index in [0.717, 1.165) is 10.4 Å². The van der Waals surface area contributed by atoms with Crippen LogP contribution in [-0.4, -0.2) is 38.0 Å². The Morgan fingerprint density at radius 3 is 2.87 bits per heavy atom. The fourth-order valence-corrected chi connectivity index (χ4v) is 5.36. The zero-order chi connectivity index (χ0) is 21.1. The molecule has 1 aromatic carbocycles. The fourth-order valence-electron chi connectivity index (χ4n) is 3.21. The summed E-state index contributed by atoms with van der Waals surface area (Å²) in [6, 6.07) is 9.58. The monoisotopic (exact) mass is 445 g/mol. The third kappa shape index (κ3) is 3.95. The van der Waals surface area contributed by atoms with Crippen LogP contribution in [0, 0.1) is 0 Å². The molecule has 30 heavy (non-hydrogen) atoms. The van der Waals surface area contributed by atoms with E-state index in [2.05, 4.69) is 5.10 Å². The van der Waals surface area contributed by atoms with E-state index in [-0.39, 0.29) is 23.9 Å². The Bertz CT molecular complexity index is 1150. The van der Waals surface area contributed by atoms with Crippen LogP contribution in [0.25, 0.3) is 12.2 Å². The van der Waals surface area contributed by atoms with E-state index >= 15 is 0 Å². The first kappa shape index (κ1) is 20.5. The molecular weight excluding hydrogens is 422 g/mol. The van der Waals surface area contributed by atoms with E-state index in [4.69, 9.17) is 9.47 Å². The highest BCUT2D eigenvalue weighted by Crippen LogP contribution is 2.38. The van der Waals surface area contributed by atoms with E-state index in [0.29, 0.717) is 24.6 Å². The van der Waals surface area contributed by atoms with Crippen LogP contribution in [0.2, 0.25) is 0 Å². The second-order valence-corrected chi connectivity index (χ2v) is 9.40. The number of nitrogens with zero attached hydrogens (tertiary/aromatic N) is 3. The summed E-state index contributed by atoms with van der Waals surface area (Å²) in [5, 5.41) is 6.27. The van der Waals surface area contributed by atoms with Crippen molar-refractivity contribution >= 4 is 39.2 Å². The van der Waals surface area contributed by atoms with Gasteiger partial charge in [-0.15, -0.1) is 16.4 Å². The molecule has 9 heteroatoms. The lowest BCUT2D eigenvalue weighted by atomic mass is 10.1. The quantitative estimate of drug-likeness (QED) is 0.547. The van der Waals surface area contributed by atoms with Gasteiger partial charge >= 0.3 is 0 Å². The van der Waals surface area contributed by atoms with Crippen LogP contribution in [0.3, 0.4) is 0 Å². The number of ether oxygens (including phenoxy) is 2. The van der Waals surface area contributed by atoms with Crippen LogP contribution in [-0.2, 0) is 16.6 Å². The minimum atomic E-state index is -3.87. The number of hydrogen-bond donors (Lipinski definition) is 0. The summed E-state index contributed by atoms with van der Waals surface area (Å²) in [5.41, 5.74) is 1.41. The second kappa shape index (κ2) is 8.53. The van der Waals surface area contributed by atoms with Gasteiger partial charge in [0.15, 0.2) is 4.90 Å². The van der Waals surface area contributed by atoms with Crippen LogP contribution in [0.5, 0.6) is 11.6 Å². The van der Waals surface area contributed by atoms with E-state index < -0.39 is 10.0 Å². The van der Waals surface area contributed by atoms with Gasteiger partial charge in [-0.3, -0.25) is 8.99 Å². The Labute approximate surface area is 180 Å². The van der Waals surface area contributed by atoms with E-state index in [1.807, 2.05) is 54.8 Å².